The molecule has 3 aromatic heterocycles. The van der Waals surface area contributed by atoms with E-state index in [9.17, 15) is 4.79 Å². The first kappa shape index (κ1) is 16.6. The van der Waals surface area contributed by atoms with Gasteiger partial charge in [0.1, 0.15) is 17.3 Å². The molecule has 11 nitrogen and oxygen atoms in total. The summed E-state index contributed by atoms with van der Waals surface area (Å²) in [6, 6.07) is 6.90. The lowest BCUT2D eigenvalue weighted by Gasteiger charge is -2.10. The summed E-state index contributed by atoms with van der Waals surface area (Å²) in [6.45, 7) is 0. The van der Waals surface area contributed by atoms with E-state index in [-0.39, 0.29) is 6.42 Å². The Morgan fingerprint density at radius 2 is 2.22 bits per heavy atom. The van der Waals surface area contributed by atoms with E-state index in [1.165, 1.54) is 22.6 Å². The van der Waals surface area contributed by atoms with Gasteiger partial charge in [0.15, 0.2) is 5.58 Å². The van der Waals surface area contributed by atoms with Crippen molar-refractivity contribution in [3.8, 4) is 0 Å². The van der Waals surface area contributed by atoms with Gasteiger partial charge < -0.3 is 8.83 Å². The Kier molecular flexibility index (Phi) is 4.41. The lowest BCUT2D eigenvalue weighted by molar-refractivity contribution is -0.124. The van der Waals surface area contributed by atoms with Crippen molar-refractivity contribution >= 4 is 23.1 Å². The Labute approximate surface area is 151 Å². The Balaban J connectivity index is 1.69. The van der Waals surface area contributed by atoms with Gasteiger partial charge in [-0.2, -0.15) is 0 Å². The summed E-state index contributed by atoms with van der Waals surface area (Å²) in [5.74, 6) is 0.114. The van der Waals surface area contributed by atoms with Crippen molar-refractivity contribution < 1.29 is 18.8 Å². The van der Waals surface area contributed by atoms with Crippen LogP contribution in [-0.2, 0) is 11.2 Å². The molecule has 0 spiro atoms. The smallest absolute Gasteiger partial charge is 0.267 e. The lowest BCUT2D eigenvalue weighted by atomic mass is 10.2. The Morgan fingerprint density at radius 1 is 1.33 bits per heavy atom. The van der Waals surface area contributed by atoms with Crippen molar-refractivity contribution in [1.29, 1.82) is 0 Å². The van der Waals surface area contributed by atoms with Crippen molar-refractivity contribution in [2.24, 2.45) is 0 Å². The van der Waals surface area contributed by atoms with Crippen LogP contribution in [0, 0.1) is 0 Å². The fourth-order valence-electron chi connectivity index (χ4n) is 2.49. The van der Waals surface area contributed by atoms with Gasteiger partial charge in [0.05, 0.1) is 12.6 Å². The Morgan fingerprint density at radius 3 is 3.00 bits per heavy atom. The van der Waals surface area contributed by atoms with Crippen LogP contribution in [0.3, 0.4) is 0 Å². The summed E-state index contributed by atoms with van der Waals surface area (Å²) in [5, 5.41) is 24.2. The van der Waals surface area contributed by atoms with Crippen molar-refractivity contribution in [2.75, 3.05) is 0 Å². The van der Waals surface area contributed by atoms with Crippen molar-refractivity contribution in [3.05, 3.63) is 60.4 Å². The van der Waals surface area contributed by atoms with Gasteiger partial charge in [0.2, 0.25) is 18.2 Å². The fourth-order valence-corrected chi connectivity index (χ4v) is 2.49. The molecule has 11 heteroatoms. The highest BCUT2D eigenvalue weighted by Crippen LogP contribution is 2.25. The molecule has 0 aliphatic rings. The lowest BCUT2D eigenvalue weighted by Crippen LogP contribution is -2.15. The second-order valence-electron chi connectivity index (χ2n) is 5.51. The third kappa shape index (κ3) is 3.57. The first-order chi connectivity index (χ1) is 13.2. The van der Waals surface area contributed by atoms with E-state index < -0.39 is 11.9 Å². The summed E-state index contributed by atoms with van der Waals surface area (Å²) < 4.78 is 12.6. The molecule has 0 saturated carbocycles. The number of amides is 1. The van der Waals surface area contributed by atoms with Crippen LogP contribution in [0.2, 0.25) is 0 Å². The average Bonchev–Trinajstić information content (AvgIpc) is 3.44. The Bertz CT molecular complexity index is 1050. The van der Waals surface area contributed by atoms with Gasteiger partial charge in [-0.25, -0.2) is 15.1 Å². The predicted octanol–water partition coefficient (Wildman–Crippen LogP) is 1.15. The number of rotatable bonds is 6. The van der Waals surface area contributed by atoms with Crippen LogP contribution >= 0.6 is 0 Å². The molecule has 1 amide bonds. The summed E-state index contributed by atoms with van der Waals surface area (Å²) in [5.41, 5.74) is 3.26. The fraction of sp³-hybridized carbons (Fsp3) is 0.125. The highest BCUT2D eigenvalue weighted by Gasteiger charge is 2.24. The van der Waals surface area contributed by atoms with Gasteiger partial charge in [-0.05, 0) is 18.2 Å². The largest absolute Gasteiger partial charge is 0.438 e. The van der Waals surface area contributed by atoms with Crippen LogP contribution in [0.15, 0.2) is 51.8 Å². The first-order valence-electron chi connectivity index (χ1n) is 7.87. The average molecular weight is 367 g/mol. The summed E-state index contributed by atoms with van der Waals surface area (Å²) in [6.07, 6.45) is 5.67. The second-order valence-corrected chi connectivity index (χ2v) is 5.51. The monoisotopic (exact) mass is 367 g/mol. The van der Waals surface area contributed by atoms with Crippen molar-refractivity contribution in [1.82, 2.24) is 35.7 Å². The summed E-state index contributed by atoms with van der Waals surface area (Å²) >= 11 is 0. The molecule has 136 valence electrons. The highest BCUT2D eigenvalue weighted by atomic mass is 16.5. The van der Waals surface area contributed by atoms with E-state index in [0.717, 1.165) is 6.08 Å². The zero-order valence-electron chi connectivity index (χ0n) is 13.8. The third-order valence-electron chi connectivity index (χ3n) is 3.73. The number of benzene rings is 1. The van der Waals surface area contributed by atoms with Gasteiger partial charge in [-0.15, -0.1) is 15.3 Å². The minimum absolute atomic E-state index is 0.288. The van der Waals surface area contributed by atoms with E-state index in [0.29, 0.717) is 28.6 Å². The molecule has 0 fully saturated rings. The van der Waals surface area contributed by atoms with E-state index >= 15 is 0 Å². The van der Waals surface area contributed by atoms with Gasteiger partial charge in [0, 0.05) is 6.08 Å². The Hall–Kier alpha value is -3.86. The molecule has 0 aliphatic carbocycles. The number of para-hydroxylation sites is 2. The molecular formula is C16H13N7O4. The topological polar surface area (TPSA) is 145 Å². The number of carbonyl (C=O) groups excluding carboxylic acids is 1. The SMILES string of the molecule is O=C(C=Cc1cn(C(Cc2nnco2)c2nc3ccccc3o2)nn1)NO. The van der Waals surface area contributed by atoms with E-state index in [2.05, 4.69) is 25.5 Å². The maximum atomic E-state index is 11.1. The number of nitrogens with one attached hydrogen (secondary N) is 1. The van der Waals surface area contributed by atoms with E-state index in [1.54, 1.807) is 6.20 Å². The number of fused-ring (bicyclic) bond motifs is 1. The number of hydrogen-bond acceptors (Lipinski definition) is 9. The van der Waals surface area contributed by atoms with Crippen LogP contribution in [0.25, 0.3) is 17.2 Å². The van der Waals surface area contributed by atoms with Crippen molar-refractivity contribution in [3.63, 3.8) is 0 Å². The predicted molar refractivity (Wildman–Crippen MR) is 89.1 cm³/mol. The van der Waals surface area contributed by atoms with Gasteiger partial charge in [-0.3, -0.25) is 10.0 Å². The highest BCUT2D eigenvalue weighted by molar-refractivity contribution is 5.90. The first-order valence-corrected chi connectivity index (χ1v) is 7.87. The molecule has 2 N–H and O–H groups in total. The molecule has 3 heterocycles. The zero-order valence-corrected chi connectivity index (χ0v) is 13.8. The van der Waals surface area contributed by atoms with Crippen LogP contribution in [-0.4, -0.2) is 41.3 Å². The minimum Gasteiger partial charge on any atom is -0.438 e. The molecule has 1 aromatic carbocycles. The normalized spacial score (nSPS) is 12.6. The molecule has 1 atom stereocenters. The summed E-state index contributed by atoms with van der Waals surface area (Å²) in [7, 11) is 0. The minimum atomic E-state index is -0.675. The molecule has 0 bridgehead atoms. The van der Waals surface area contributed by atoms with Crippen LogP contribution in [0.5, 0.6) is 0 Å². The number of nitrogens with zero attached hydrogens (tertiary/aromatic N) is 6. The molecule has 0 aliphatic heterocycles. The molecule has 27 heavy (non-hydrogen) atoms. The van der Waals surface area contributed by atoms with Gasteiger partial charge in [-0.1, -0.05) is 17.3 Å². The zero-order chi connectivity index (χ0) is 18.6. The maximum Gasteiger partial charge on any atom is 0.267 e. The number of oxazole rings is 1. The number of carbonyl (C=O) groups is 1. The van der Waals surface area contributed by atoms with E-state index in [1.807, 2.05) is 24.3 Å². The molecule has 4 rings (SSSR count). The third-order valence-corrected chi connectivity index (χ3v) is 3.73. The number of hydrogen-bond donors (Lipinski definition) is 2. The van der Waals surface area contributed by atoms with Gasteiger partial charge in [0.25, 0.3) is 5.91 Å². The molecule has 4 aromatic rings. The molecule has 1 unspecified atom stereocenters. The summed E-state index contributed by atoms with van der Waals surface area (Å²) in [4.78, 5) is 15.6. The second kappa shape index (κ2) is 7.17. The molecule has 0 radical (unpaired) electrons. The molecular weight excluding hydrogens is 354 g/mol. The number of aromatic nitrogens is 6. The number of hydroxylamine groups is 1. The van der Waals surface area contributed by atoms with Crippen LogP contribution < -0.4 is 5.48 Å². The van der Waals surface area contributed by atoms with Crippen molar-refractivity contribution in [2.45, 2.75) is 12.5 Å². The van der Waals surface area contributed by atoms with Crippen LogP contribution in [0.4, 0.5) is 0 Å². The standard InChI is InChI=1S/C16H13N7O4/c24-14(21-25)6-5-10-8-23(22-19-10)12(7-15-20-17-9-26-15)16-18-11-3-1-2-4-13(11)27-16/h1-6,8-9,12,25H,7H2,(H,21,24). The van der Waals surface area contributed by atoms with Crippen LogP contribution in [0.1, 0.15) is 23.5 Å². The quantitative estimate of drug-likeness (QED) is 0.291. The molecule has 0 saturated heterocycles. The van der Waals surface area contributed by atoms with E-state index in [4.69, 9.17) is 14.0 Å². The van der Waals surface area contributed by atoms with Gasteiger partial charge >= 0.3 is 0 Å². The maximum absolute atomic E-state index is 11.1.